The van der Waals surface area contributed by atoms with Crippen LogP contribution in [0.25, 0.3) is 0 Å². The minimum absolute atomic E-state index is 0.423. The molecule has 1 aliphatic rings. The Hall–Kier alpha value is -1.01. The second-order valence-electron chi connectivity index (χ2n) is 3.40. The van der Waals surface area contributed by atoms with Gasteiger partial charge in [0.1, 0.15) is 0 Å². The number of hydrogen-bond acceptors (Lipinski definition) is 5. The lowest BCUT2D eigenvalue weighted by Gasteiger charge is -2.19. The first-order valence-corrected chi connectivity index (χ1v) is 5.07. The molecule has 0 aromatic carbocycles. The SMILES string of the molecule is COC(C(=O)O)C1(c2csnn2)CC1. The van der Waals surface area contributed by atoms with Gasteiger partial charge in [-0.3, -0.25) is 0 Å². The van der Waals surface area contributed by atoms with E-state index >= 15 is 0 Å². The Labute approximate surface area is 84.9 Å². The van der Waals surface area contributed by atoms with Crippen LogP contribution in [0.3, 0.4) is 0 Å². The molecule has 1 unspecified atom stereocenters. The lowest BCUT2D eigenvalue weighted by molar-refractivity contribution is -0.150. The number of carboxylic acid groups (broad SMARTS) is 1. The molecule has 1 fully saturated rings. The molecule has 0 spiro atoms. The van der Waals surface area contributed by atoms with Crippen molar-refractivity contribution in [1.29, 1.82) is 0 Å². The van der Waals surface area contributed by atoms with Crippen molar-refractivity contribution in [1.82, 2.24) is 9.59 Å². The average molecular weight is 214 g/mol. The molecule has 1 atom stereocenters. The van der Waals surface area contributed by atoms with E-state index < -0.39 is 17.5 Å². The Kier molecular flexibility index (Phi) is 2.24. The average Bonchev–Trinajstić information content (AvgIpc) is 2.76. The normalized spacial score (nSPS) is 20.4. The van der Waals surface area contributed by atoms with Crippen molar-refractivity contribution < 1.29 is 14.6 Å². The van der Waals surface area contributed by atoms with Crippen LogP contribution >= 0.6 is 11.5 Å². The van der Waals surface area contributed by atoms with E-state index in [1.807, 2.05) is 0 Å². The molecule has 1 N–H and O–H groups in total. The first kappa shape index (κ1) is 9.54. The Morgan fingerprint density at radius 1 is 1.79 bits per heavy atom. The number of hydrogen-bond donors (Lipinski definition) is 1. The van der Waals surface area contributed by atoms with E-state index in [1.165, 1.54) is 18.6 Å². The molecule has 0 bridgehead atoms. The van der Waals surface area contributed by atoms with Gasteiger partial charge in [0.2, 0.25) is 0 Å². The van der Waals surface area contributed by atoms with Gasteiger partial charge in [0.15, 0.2) is 6.10 Å². The van der Waals surface area contributed by atoms with E-state index in [9.17, 15) is 4.79 Å². The van der Waals surface area contributed by atoms with Gasteiger partial charge in [0.05, 0.1) is 11.1 Å². The maximum absolute atomic E-state index is 10.9. The summed E-state index contributed by atoms with van der Waals surface area (Å²) >= 11 is 1.24. The Balaban J connectivity index is 2.28. The highest BCUT2D eigenvalue weighted by Crippen LogP contribution is 2.51. The molecule has 1 aliphatic carbocycles. The second kappa shape index (κ2) is 3.29. The maximum Gasteiger partial charge on any atom is 0.333 e. The van der Waals surface area contributed by atoms with Crippen molar-refractivity contribution in [2.24, 2.45) is 0 Å². The smallest absolute Gasteiger partial charge is 0.333 e. The molecule has 6 heteroatoms. The molecule has 1 saturated carbocycles. The van der Waals surface area contributed by atoms with Crippen molar-refractivity contribution in [3.05, 3.63) is 11.1 Å². The second-order valence-corrected chi connectivity index (χ2v) is 4.01. The zero-order valence-electron chi connectivity index (χ0n) is 7.64. The lowest BCUT2D eigenvalue weighted by Crippen LogP contribution is -2.36. The van der Waals surface area contributed by atoms with E-state index in [2.05, 4.69) is 9.59 Å². The van der Waals surface area contributed by atoms with Crippen LogP contribution < -0.4 is 0 Å². The van der Waals surface area contributed by atoms with Gasteiger partial charge >= 0.3 is 5.97 Å². The van der Waals surface area contributed by atoms with Gasteiger partial charge in [-0.1, -0.05) is 4.49 Å². The standard InChI is InChI=1S/C8H10N2O3S/c1-13-6(7(11)12)8(2-3-8)5-4-14-10-9-5/h4,6H,2-3H2,1H3,(H,11,12). The number of carbonyl (C=O) groups is 1. The van der Waals surface area contributed by atoms with Crippen LogP contribution in [0.5, 0.6) is 0 Å². The summed E-state index contributed by atoms with van der Waals surface area (Å²) in [4.78, 5) is 10.9. The summed E-state index contributed by atoms with van der Waals surface area (Å²) in [5.41, 5.74) is 0.324. The van der Waals surface area contributed by atoms with Crippen LogP contribution in [-0.2, 0) is 14.9 Å². The molecule has 14 heavy (non-hydrogen) atoms. The molecule has 1 heterocycles. The van der Waals surface area contributed by atoms with Crippen molar-refractivity contribution >= 4 is 17.5 Å². The van der Waals surface area contributed by atoms with Gasteiger partial charge in [0.25, 0.3) is 0 Å². The number of methoxy groups -OCH3 is 1. The van der Waals surface area contributed by atoms with E-state index in [4.69, 9.17) is 9.84 Å². The Bertz CT molecular complexity index is 334. The highest BCUT2D eigenvalue weighted by molar-refractivity contribution is 7.03. The highest BCUT2D eigenvalue weighted by atomic mass is 32.1. The number of aromatic nitrogens is 2. The summed E-state index contributed by atoms with van der Waals surface area (Å²) in [7, 11) is 1.42. The first-order valence-electron chi connectivity index (χ1n) is 4.24. The number of rotatable bonds is 4. The third-order valence-electron chi connectivity index (χ3n) is 2.62. The van der Waals surface area contributed by atoms with E-state index in [0.29, 0.717) is 0 Å². The maximum atomic E-state index is 10.9. The summed E-state index contributed by atoms with van der Waals surface area (Å²) in [6.45, 7) is 0. The molecule has 0 radical (unpaired) electrons. The summed E-state index contributed by atoms with van der Waals surface area (Å²) < 4.78 is 8.75. The predicted molar refractivity (Wildman–Crippen MR) is 49.3 cm³/mol. The fourth-order valence-corrected chi connectivity index (χ4v) is 2.30. The topological polar surface area (TPSA) is 72.3 Å². The van der Waals surface area contributed by atoms with Crippen LogP contribution in [-0.4, -0.2) is 33.9 Å². The lowest BCUT2D eigenvalue weighted by atomic mass is 9.96. The fourth-order valence-electron chi connectivity index (χ4n) is 1.73. The quantitative estimate of drug-likeness (QED) is 0.797. The summed E-state index contributed by atoms with van der Waals surface area (Å²) in [5, 5.41) is 14.7. The predicted octanol–water partition coefficient (Wildman–Crippen LogP) is 0.669. The largest absolute Gasteiger partial charge is 0.479 e. The number of aliphatic carboxylic acids is 1. The van der Waals surface area contributed by atoms with Crippen LogP contribution in [0.2, 0.25) is 0 Å². The van der Waals surface area contributed by atoms with Crippen molar-refractivity contribution in [3.63, 3.8) is 0 Å². The van der Waals surface area contributed by atoms with Crippen molar-refractivity contribution in [3.8, 4) is 0 Å². The van der Waals surface area contributed by atoms with Gasteiger partial charge in [-0.15, -0.1) is 5.10 Å². The zero-order valence-corrected chi connectivity index (χ0v) is 8.45. The molecule has 0 amide bonds. The first-order chi connectivity index (χ1) is 6.70. The van der Waals surface area contributed by atoms with E-state index in [0.717, 1.165) is 18.5 Å². The van der Waals surface area contributed by atoms with Gasteiger partial charge in [0, 0.05) is 12.5 Å². The third-order valence-corrected chi connectivity index (χ3v) is 3.13. The molecule has 0 aliphatic heterocycles. The highest BCUT2D eigenvalue weighted by Gasteiger charge is 2.56. The minimum Gasteiger partial charge on any atom is -0.479 e. The number of nitrogens with zero attached hydrogens (tertiary/aromatic N) is 2. The zero-order chi connectivity index (χ0) is 10.2. The van der Waals surface area contributed by atoms with Gasteiger partial charge in [-0.05, 0) is 24.4 Å². The molecule has 1 aromatic rings. The van der Waals surface area contributed by atoms with E-state index in [-0.39, 0.29) is 0 Å². The fraction of sp³-hybridized carbons (Fsp3) is 0.625. The molecular weight excluding hydrogens is 204 g/mol. The van der Waals surface area contributed by atoms with Crippen LogP contribution in [0.1, 0.15) is 18.5 Å². The number of ether oxygens (including phenoxy) is 1. The van der Waals surface area contributed by atoms with Crippen LogP contribution in [0, 0.1) is 0 Å². The van der Waals surface area contributed by atoms with Crippen molar-refractivity contribution in [2.45, 2.75) is 24.4 Å². The third kappa shape index (κ3) is 1.31. The Morgan fingerprint density at radius 2 is 2.50 bits per heavy atom. The molecule has 76 valence electrons. The monoisotopic (exact) mass is 214 g/mol. The number of carboxylic acids is 1. The van der Waals surface area contributed by atoms with E-state index in [1.54, 1.807) is 5.38 Å². The molecular formula is C8H10N2O3S. The summed E-state index contributed by atoms with van der Waals surface area (Å²) in [6, 6.07) is 0. The van der Waals surface area contributed by atoms with Crippen LogP contribution in [0.15, 0.2) is 5.38 Å². The summed E-state index contributed by atoms with van der Waals surface area (Å²) in [6.07, 6.45) is 0.818. The Morgan fingerprint density at radius 3 is 2.86 bits per heavy atom. The van der Waals surface area contributed by atoms with Gasteiger partial charge in [-0.25, -0.2) is 4.79 Å². The summed E-state index contributed by atoms with van der Waals surface area (Å²) in [5.74, 6) is -0.932. The van der Waals surface area contributed by atoms with Gasteiger partial charge < -0.3 is 9.84 Å². The van der Waals surface area contributed by atoms with Gasteiger partial charge in [-0.2, -0.15) is 0 Å². The molecule has 5 nitrogen and oxygen atoms in total. The van der Waals surface area contributed by atoms with Crippen LogP contribution in [0.4, 0.5) is 0 Å². The minimum atomic E-state index is -0.932. The molecule has 0 saturated heterocycles. The van der Waals surface area contributed by atoms with Crippen molar-refractivity contribution in [2.75, 3.05) is 7.11 Å². The molecule has 2 rings (SSSR count). The molecule has 1 aromatic heterocycles.